The summed E-state index contributed by atoms with van der Waals surface area (Å²) in [4.78, 5) is 0. The molecule has 0 amide bonds. The van der Waals surface area contributed by atoms with Gasteiger partial charge >= 0.3 is 0 Å². The molecule has 0 aromatic rings. The van der Waals surface area contributed by atoms with E-state index in [1.165, 1.54) is 0 Å². The highest BCUT2D eigenvalue weighted by Gasteiger charge is 2.42. The summed E-state index contributed by atoms with van der Waals surface area (Å²) in [5.41, 5.74) is 0. The van der Waals surface area contributed by atoms with Gasteiger partial charge in [0.2, 0.25) is 8.87 Å². The SMILES string of the molecule is O=S1(=O)C[C@@H]2C[C@@H](F)[C@H](F)C[C@H]2CS1. The predicted molar refractivity (Wildman–Crippen MR) is 52.3 cm³/mol. The summed E-state index contributed by atoms with van der Waals surface area (Å²) in [5, 5.41) is 0. The van der Waals surface area contributed by atoms with Crippen molar-refractivity contribution in [2.45, 2.75) is 25.2 Å². The van der Waals surface area contributed by atoms with Gasteiger partial charge in [-0.2, -0.15) is 0 Å². The van der Waals surface area contributed by atoms with Gasteiger partial charge < -0.3 is 0 Å². The van der Waals surface area contributed by atoms with E-state index in [2.05, 4.69) is 0 Å². The van der Waals surface area contributed by atoms with Crippen LogP contribution in [0.25, 0.3) is 0 Å². The van der Waals surface area contributed by atoms with Crippen molar-refractivity contribution in [3.05, 3.63) is 0 Å². The summed E-state index contributed by atoms with van der Waals surface area (Å²) < 4.78 is 48.5. The number of halogens is 2. The van der Waals surface area contributed by atoms with Gasteiger partial charge in [-0.25, -0.2) is 17.2 Å². The van der Waals surface area contributed by atoms with Gasteiger partial charge in [0.1, 0.15) is 12.3 Å². The van der Waals surface area contributed by atoms with E-state index >= 15 is 0 Å². The molecule has 2 aliphatic rings. The maximum Gasteiger partial charge on any atom is 0.201 e. The third-order valence-electron chi connectivity index (χ3n) is 2.99. The molecule has 1 heterocycles. The fraction of sp³-hybridized carbons (Fsp3) is 1.00. The summed E-state index contributed by atoms with van der Waals surface area (Å²) >= 11 is 0. The Morgan fingerprint density at radius 1 is 1.07 bits per heavy atom. The Morgan fingerprint density at radius 3 is 2.29 bits per heavy atom. The fourth-order valence-electron chi connectivity index (χ4n) is 2.17. The van der Waals surface area contributed by atoms with Gasteiger partial charge in [-0.05, 0) is 35.5 Å². The Morgan fingerprint density at radius 2 is 1.64 bits per heavy atom. The van der Waals surface area contributed by atoms with Crippen molar-refractivity contribution < 1.29 is 17.2 Å². The molecule has 2 rings (SSSR count). The first kappa shape index (κ1) is 10.7. The Labute approximate surface area is 85.8 Å². The van der Waals surface area contributed by atoms with E-state index in [0.717, 1.165) is 10.8 Å². The first-order chi connectivity index (χ1) is 6.48. The van der Waals surface area contributed by atoms with E-state index in [4.69, 9.17) is 0 Å². The van der Waals surface area contributed by atoms with Crippen molar-refractivity contribution in [2.24, 2.45) is 11.8 Å². The molecule has 1 aliphatic carbocycles. The van der Waals surface area contributed by atoms with E-state index in [1.54, 1.807) is 0 Å². The van der Waals surface area contributed by atoms with Crippen molar-refractivity contribution in [1.29, 1.82) is 0 Å². The van der Waals surface area contributed by atoms with Crippen LogP contribution in [-0.2, 0) is 8.87 Å². The van der Waals surface area contributed by atoms with Gasteiger partial charge in [-0.1, -0.05) is 0 Å². The zero-order valence-corrected chi connectivity index (χ0v) is 9.16. The quantitative estimate of drug-likeness (QED) is 0.607. The van der Waals surface area contributed by atoms with Crippen LogP contribution in [0.2, 0.25) is 0 Å². The Hall–Kier alpha value is 0.160. The predicted octanol–water partition coefficient (Wildman–Crippen LogP) is 1.77. The molecule has 0 N–H and O–H groups in total. The highest BCUT2D eigenvalue weighted by Crippen LogP contribution is 2.42. The lowest BCUT2D eigenvalue weighted by molar-refractivity contribution is 0.0649. The molecule has 6 heteroatoms. The van der Waals surface area contributed by atoms with Crippen molar-refractivity contribution in [1.82, 2.24) is 0 Å². The van der Waals surface area contributed by atoms with Crippen LogP contribution in [0.3, 0.4) is 0 Å². The Bertz CT molecular complexity index is 317. The second-order valence-electron chi connectivity index (χ2n) is 4.03. The van der Waals surface area contributed by atoms with Crippen LogP contribution in [0.5, 0.6) is 0 Å². The van der Waals surface area contributed by atoms with Crippen LogP contribution in [0, 0.1) is 11.8 Å². The average molecular weight is 242 g/mol. The monoisotopic (exact) mass is 242 g/mol. The Balaban J connectivity index is 2.09. The molecule has 0 spiro atoms. The molecule has 82 valence electrons. The topological polar surface area (TPSA) is 34.1 Å². The van der Waals surface area contributed by atoms with Gasteiger partial charge in [0.05, 0.1) is 5.75 Å². The third-order valence-corrected chi connectivity index (χ3v) is 6.65. The maximum absolute atomic E-state index is 13.0. The maximum atomic E-state index is 13.0. The van der Waals surface area contributed by atoms with Crippen molar-refractivity contribution in [2.75, 3.05) is 11.5 Å². The molecule has 0 radical (unpaired) electrons. The second kappa shape index (κ2) is 3.63. The summed E-state index contributed by atoms with van der Waals surface area (Å²) in [5.74, 6) is 0.337. The van der Waals surface area contributed by atoms with Crippen LogP contribution in [0.15, 0.2) is 0 Å². The van der Waals surface area contributed by atoms with E-state index in [0.29, 0.717) is 5.75 Å². The molecule has 1 aliphatic heterocycles. The van der Waals surface area contributed by atoms with Crippen LogP contribution in [0.4, 0.5) is 8.78 Å². The second-order valence-corrected chi connectivity index (χ2v) is 8.28. The molecular formula is C8H12F2O2S2. The smallest absolute Gasteiger partial charge is 0.201 e. The van der Waals surface area contributed by atoms with Crippen molar-refractivity contribution in [3.8, 4) is 0 Å². The van der Waals surface area contributed by atoms with Crippen LogP contribution < -0.4 is 0 Å². The minimum Gasteiger partial charge on any atom is -0.244 e. The molecule has 2 nitrogen and oxygen atoms in total. The summed E-state index contributed by atoms with van der Waals surface area (Å²) in [7, 11) is -2.17. The zero-order valence-electron chi connectivity index (χ0n) is 7.53. The van der Waals surface area contributed by atoms with Gasteiger partial charge in [-0.3, -0.25) is 0 Å². The largest absolute Gasteiger partial charge is 0.244 e. The Kier molecular flexibility index (Phi) is 2.76. The number of hydrogen-bond acceptors (Lipinski definition) is 3. The summed E-state index contributed by atoms with van der Waals surface area (Å²) in [6.45, 7) is 0. The van der Waals surface area contributed by atoms with Crippen LogP contribution >= 0.6 is 10.8 Å². The molecular weight excluding hydrogens is 230 g/mol. The number of fused-ring (bicyclic) bond motifs is 1. The highest BCUT2D eigenvalue weighted by atomic mass is 33.1. The first-order valence-corrected chi connectivity index (χ1v) is 7.78. The number of hydrogen-bond donors (Lipinski definition) is 0. The molecule has 1 saturated carbocycles. The van der Waals surface area contributed by atoms with Gasteiger partial charge in [0.25, 0.3) is 0 Å². The molecule has 1 saturated heterocycles. The molecule has 0 unspecified atom stereocenters. The molecule has 2 fully saturated rings. The minimum atomic E-state index is -3.07. The molecule has 0 aromatic heterocycles. The van der Waals surface area contributed by atoms with Crippen LogP contribution in [0.1, 0.15) is 12.8 Å². The van der Waals surface area contributed by atoms with Crippen molar-refractivity contribution >= 4 is 19.7 Å². The van der Waals surface area contributed by atoms with E-state index in [9.17, 15) is 17.2 Å². The first-order valence-electron chi connectivity index (χ1n) is 4.63. The molecule has 14 heavy (non-hydrogen) atoms. The number of rotatable bonds is 0. The zero-order chi connectivity index (χ0) is 10.3. The number of alkyl halides is 2. The highest BCUT2D eigenvalue weighted by molar-refractivity contribution is 8.72. The average Bonchev–Trinajstić information content (AvgIpc) is 2.07. The van der Waals surface area contributed by atoms with Gasteiger partial charge in [0.15, 0.2) is 0 Å². The van der Waals surface area contributed by atoms with Crippen molar-refractivity contribution in [3.63, 3.8) is 0 Å². The third kappa shape index (κ3) is 2.05. The lowest BCUT2D eigenvalue weighted by Gasteiger charge is -2.37. The summed E-state index contributed by atoms with van der Waals surface area (Å²) in [6.07, 6.45) is -2.59. The standard InChI is InChI=1S/C8H12F2O2S2/c9-7-1-5-3-13-14(11,12)4-6(5)2-8(7)10/h5-8H,1-4H2/t5-,6-,7+,8+/m0/s1. The van der Waals surface area contributed by atoms with Gasteiger partial charge in [0, 0.05) is 5.75 Å². The van der Waals surface area contributed by atoms with E-state index in [-0.39, 0.29) is 30.4 Å². The van der Waals surface area contributed by atoms with Gasteiger partial charge in [-0.15, -0.1) is 0 Å². The van der Waals surface area contributed by atoms with E-state index in [1.807, 2.05) is 0 Å². The normalized spacial score (nSPS) is 47.0. The molecule has 0 aromatic carbocycles. The minimum absolute atomic E-state index is 0.0233. The molecule has 0 bridgehead atoms. The molecule has 4 atom stereocenters. The lowest BCUT2D eigenvalue weighted by atomic mass is 9.79. The fourth-order valence-corrected chi connectivity index (χ4v) is 5.95. The lowest BCUT2D eigenvalue weighted by Crippen LogP contribution is -2.40. The summed E-state index contributed by atoms with van der Waals surface area (Å²) in [6, 6.07) is 0. The van der Waals surface area contributed by atoms with Crippen LogP contribution in [-0.4, -0.2) is 32.3 Å². The van der Waals surface area contributed by atoms with E-state index < -0.39 is 21.2 Å².